The molecule has 0 fully saturated rings. The number of hydrogen-bond donors (Lipinski definition) is 0. The van der Waals surface area contributed by atoms with Gasteiger partial charge in [0.05, 0.1) is 17.9 Å². The summed E-state index contributed by atoms with van der Waals surface area (Å²) in [5.74, 6) is 0. The molecule has 1 aromatic carbocycles. The van der Waals surface area contributed by atoms with E-state index >= 15 is 0 Å². The van der Waals surface area contributed by atoms with Gasteiger partial charge >= 0.3 is 0 Å². The Balaban J connectivity index is 1.88. The summed E-state index contributed by atoms with van der Waals surface area (Å²) in [6, 6.07) is 16.6. The van der Waals surface area contributed by atoms with Crippen LogP contribution in [0.5, 0.6) is 0 Å². The Kier molecular flexibility index (Phi) is 3.04. The van der Waals surface area contributed by atoms with E-state index in [0.717, 1.165) is 34.8 Å². The fraction of sp³-hybridized carbons (Fsp3) is 0.105. The van der Waals surface area contributed by atoms with Crippen LogP contribution in [0.4, 0.5) is 0 Å². The predicted octanol–water partition coefficient (Wildman–Crippen LogP) is 4.05. The van der Waals surface area contributed by atoms with Gasteiger partial charge < -0.3 is 0 Å². The van der Waals surface area contributed by atoms with E-state index in [4.69, 9.17) is 0 Å². The van der Waals surface area contributed by atoms with E-state index in [1.54, 1.807) is 0 Å². The Morgan fingerprint density at radius 2 is 1.95 bits per heavy atom. The Bertz CT molecular complexity index is 881. The number of benzene rings is 1. The van der Waals surface area contributed by atoms with Crippen molar-refractivity contribution in [3.8, 4) is 22.5 Å². The number of rotatable bonds is 2. The van der Waals surface area contributed by atoms with Crippen molar-refractivity contribution in [2.45, 2.75) is 13.5 Å². The molecule has 0 N–H and O–H groups in total. The summed E-state index contributed by atoms with van der Waals surface area (Å²) in [5.41, 5.74) is 7.55. The lowest BCUT2D eigenvalue weighted by molar-refractivity contribution is 1.11. The van der Waals surface area contributed by atoms with Gasteiger partial charge in [0.1, 0.15) is 0 Å². The molecule has 3 nitrogen and oxygen atoms in total. The third kappa shape index (κ3) is 2.21. The number of fused-ring (bicyclic) bond motifs is 1. The number of aliphatic imine (C=N–C) groups is 1. The lowest BCUT2D eigenvalue weighted by Gasteiger charge is -2.10. The first-order chi connectivity index (χ1) is 10.8. The third-order valence-corrected chi connectivity index (χ3v) is 3.89. The molecule has 3 heterocycles. The van der Waals surface area contributed by atoms with Gasteiger partial charge in [-0.2, -0.15) is 0 Å². The first-order valence-corrected chi connectivity index (χ1v) is 7.33. The van der Waals surface area contributed by atoms with Gasteiger partial charge in [0, 0.05) is 23.7 Å². The molecular formula is C19H15N3. The van der Waals surface area contributed by atoms with Crippen LogP contribution in [0.15, 0.2) is 59.7 Å². The maximum atomic E-state index is 4.61. The SMILES string of the molecule is Cc1cccc(-c2ncccc2-c2ccc3c(c2)C=NC3)n1. The third-order valence-electron chi connectivity index (χ3n) is 3.89. The largest absolute Gasteiger partial charge is 0.288 e. The Labute approximate surface area is 129 Å². The van der Waals surface area contributed by atoms with Crippen molar-refractivity contribution in [1.29, 1.82) is 0 Å². The van der Waals surface area contributed by atoms with Gasteiger partial charge in [0.2, 0.25) is 0 Å². The standard InChI is InChI=1S/C19H15N3/c1-13-4-2-6-18(22-13)19-17(5-3-9-21-19)14-7-8-15-11-20-12-16(15)10-14/h2-10,12H,11H2,1H3. The highest BCUT2D eigenvalue weighted by Gasteiger charge is 2.12. The van der Waals surface area contributed by atoms with Crippen LogP contribution in [0, 0.1) is 6.92 Å². The quantitative estimate of drug-likeness (QED) is 0.712. The first kappa shape index (κ1) is 12.9. The van der Waals surface area contributed by atoms with Gasteiger partial charge in [-0.1, -0.05) is 24.3 Å². The molecule has 0 amide bonds. The molecule has 0 saturated carbocycles. The molecule has 4 rings (SSSR count). The van der Waals surface area contributed by atoms with Crippen LogP contribution < -0.4 is 0 Å². The summed E-state index contributed by atoms with van der Waals surface area (Å²) in [6.45, 7) is 2.78. The fourth-order valence-corrected chi connectivity index (χ4v) is 2.79. The first-order valence-electron chi connectivity index (χ1n) is 7.33. The van der Waals surface area contributed by atoms with Gasteiger partial charge in [-0.3, -0.25) is 15.0 Å². The average Bonchev–Trinajstić information content (AvgIpc) is 3.02. The predicted molar refractivity (Wildman–Crippen MR) is 88.9 cm³/mol. The fourth-order valence-electron chi connectivity index (χ4n) is 2.79. The number of aryl methyl sites for hydroxylation is 1. The maximum absolute atomic E-state index is 4.61. The van der Waals surface area contributed by atoms with E-state index in [1.165, 1.54) is 11.1 Å². The van der Waals surface area contributed by atoms with E-state index < -0.39 is 0 Å². The van der Waals surface area contributed by atoms with E-state index in [0.29, 0.717) is 0 Å². The second kappa shape index (κ2) is 5.19. The van der Waals surface area contributed by atoms with Crippen LogP contribution >= 0.6 is 0 Å². The molecule has 0 spiro atoms. The summed E-state index contributed by atoms with van der Waals surface area (Å²) in [5, 5.41) is 0. The van der Waals surface area contributed by atoms with Crippen LogP contribution in [-0.4, -0.2) is 16.2 Å². The van der Waals surface area contributed by atoms with Crippen LogP contribution in [0.25, 0.3) is 22.5 Å². The molecule has 0 radical (unpaired) electrons. The van der Waals surface area contributed by atoms with Crippen molar-refractivity contribution < 1.29 is 0 Å². The maximum Gasteiger partial charge on any atom is 0.0964 e. The average molecular weight is 285 g/mol. The van der Waals surface area contributed by atoms with Gasteiger partial charge in [-0.05, 0) is 47.9 Å². The van der Waals surface area contributed by atoms with Crippen LogP contribution in [-0.2, 0) is 6.54 Å². The van der Waals surface area contributed by atoms with Gasteiger partial charge in [-0.25, -0.2) is 0 Å². The molecule has 3 heteroatoms. The lowest BCUT2D eigenvalue weighted by atomic mass is 9.98. The van der Waals surface area contributed by atoms with Gasteiger partial charge in [0.25, 0.3) is 0 Å². The van der Waals surface area contributed by atoms with E-state index in [-0.39, 0.29) is 0 Å². The Hall–Kier alpha value is -2.81. The second-order valence-corrected chi connectivity index (χ2v) is 5.45. The number of pyridine rings is 2. The lowest BCUT2D eigenvalue weighted by Crippen LogP contribution is -1.94. The molecular weight excluding hydrogens is 270 g/mol. The van der Waals surface area contributed by atoms with Crippen molar-refractivity contribution in [2.75, 3.05) is 0 Å². The minimum atomic E-state index is 0.787. The highest BCUT2D eigenvalue weighted by atomic mass is 14.8. The molecule has 0 atom stereocenters. The van der Waals surface area contributed by atoms with Gasteiger partial charge in [0.15, 0.2) is 0 Å². The summed E-state index contributed by atoms with van der Waals surface area (Å²) < 4.78 is 0. The molecule has 22 heavy (non-hydrogen) atoms. The molecule has 1 aliphatic rings. The minimum Gasteiger partial charge on any atom is -0.288 e. The number of hydrogen-bond acceptors (Lipinski definition) is 3. The normalized spacial score (nSPS) is 12.4. The molecule has 0 aliphatic carbocycles. The second-order valence-electron chi connectivity index (χ2n) is 5.45. The van der Waals surface area contributed by atoms with Crippen molar-refractivity contribution in [2.24, 2.45) is 4.99 Å². The minimum absolute atomic E-state index is 0.787. The molecule has 3 aromatic rings. The molecule has 2 aromatic heterocycles. The Morgan fingerprint density at radius 1 is 1.00 bits per heavy atom. The topological polar surface area (TPSA) is 38.1 Å². The summed E-state index contributed by atoms with van der Waals surface area (Å²) in [6.07, 6.45) is 3.76. The highest BCUT2D eigenvalue weighted by Crippen LogP contribution is 2.31. The Morgan fingerprint density at radius 3 is 2.86 bits per heavy atom. The number of aromatic nitrogens is 2. The van der Waals surface area contributed by atoms with Crippen molar-refractivity contribution >= 4 is 6.21 Å². The van der Waals surface area contributed by atoms with Crippen LogP contribution in [0.1, 0.15) is 16.8 Å². The summed E-state index contributed by atoms with van der Waals surface area (Å²) in [7, 11) is 0. The molecule has 106 valence electrons. The van der Waals surface area contributed by atoms with Crippen molar-refractivity contribution in [1.82, 2.24) is 9.97 Å². The summed E-state index contributed by atoms with van der Waals surface area (Å²) in [4.78, 5) is 13.5. The van der Waals surface area contributed by atoms with E-state index in [2.05, 4.69) is 39.2 Å². The smallest absolute Gasteiger partial charge is 0.0964 e. The zero-order valence-electron chi connectivity index (χ0n) is 12.3. The molecule has 0 saturated heterocycles. The van der Waals surface area contributed by atoms with Crippen LogP contribution in [0.2, 0.25) is 0 Å². The molecule has 0 unspecified atom stereocenters. The number of nitrogens with zero attached hydrogens (tertiary/aromatic N) is 3. The van der Waals surface area contributed by atoms with Crippen molar-refractivity contribution in [3.05, 3.63) is 71.5 Å². The van der Waals surface area contributed by atoms with Crippen LogP contribution in [0.3, 0.4) is 0 Å². The van der Waals surface area contributed by atoms with Gasteiger partial charge in [-0.15, -0.1) is 0 Å². The molecule has 0 bridgehead atoms. The zero-order chi connectivity index (χ0) is 14.9. The van der Waals surface area contributed by atoms with Crippen molar-refractivity contribution in [3.63, 3.8) is 0 Å². The van der Waals surface area contributed by atoms with E-state index in [9.17, 15) is 0 Å². The monoisotopic (exact) mass is 285 g/mol. The van der Waals surface area contributed by atoms with E-state index in [1.807, 2.05) is 43.6 Å². The molecule has 1 aliphatic heterocycles. The summed E-state index contributed by atoms with van der Waals surface area (Å²) >= 11 is 0. The zero-order valence-corrected chi connectivity index (χ0v) is 12.3. The highest BCUT2D eigenvalue weighted by molar-refractivity contribution is 5.88.